The molecule has 2 amide bonds. The van der Waals surface area contributed by atoms with Crippen molar-refractivity contribution in [3.05, 3.63) is 51.9 Å². The molecule has 0 saturated carbocycles. The number of carbonyl (C=O) groups excluding carboxylic acids is 2. The molecule has 7 heteroatoms. The molecule has 2 atom stereocenters. The average molecular weight is 481 g/mol. The van der Waals surface area contributed by atoms with Gasteiger partial charge in [-0.1, -0.05) is 43.2 Å². The van der Waals surface area contributed by atoms with Crippen LogP contribution in [0, 0.1) is 18.3 Å². The van der Waals surface area contributed by atoms with Gasteiger partial charge in [-0.3, -0.25) is 4.79 Å². The Morgan fingerprint density at radius 2 is 2.00 bits per heavy atom. The van der Waals surface area contributed by atoms with Crippen LogP contribution in [0.25, 0.3) is 0 Å². The van der Waals surface area contributed by atoms with Crippen molar-refractivity contribution in [1.29, 1.82) is 0 Å². The lowest BCUT2D eigenvalue weighted by molar-refractivity contribution is -0.116. The Labute approximate surface area is 205 Å². The van der Waals surface area contributed by atoms with Crippen molar-refractivity contribution in [2.45, 2.75) is 57.4 Å². The first kappa shape index (κ1) is 24.3. The fourth-order valence-corrected chi connectivity index (χ4v) is 5.98. The summed E-state index contributed by atoms with van der Waals surface area (Å²) in [6, 6.07) is 10.2. The summed E-state index contributed by atoms with van der Waals surface area (Å²) in [5.74, 6) is 3.14. The van der Waals surface area contributed by atoms with Crippen LogP contribution in [0.4, 0.5) is 9.80 Å². The first-order valence-corrected chi connectivity index (χ1v) is 12.8. The molecule has 0 bridgehead atoms. The van der Waals surface area contributed by atoms with Gasteiger partial charge in [0.25, 0.3) is 0 Å². The molecule has 2 N–H and O–H groups in total. The van der Waals surface area contributed by atoms with E-state index < -0.39 is 0 Å². The lowest BCUT2D eigenvalue weighted by Crippen LogP contribution is -2.39. The molecule has 2 heterocycles. The molecule has 0 spiro atoms. The second-order valence-electron chi connectivity index (χ2n) is 9.15. The minimum atomic E-state index is -0.353. The molecule has 1 aromatic heterocycles. The van der Waals surface area contributed by atoms with E-state index in [0.717, 1.165) is 53.8 Å². The van der Waals surface area contributed by atoms with E-state index in [9.17, 15) is 9.59 Å². The Balaban J connectivity index is 1.31. The van der Waals surface area contributed by atoms with Crippen LogP contribution in [0.5, 0.6) is 0 Å². The van der Waals surface area contributed by atoms with Gasteiger partial charge in [-0.2, -0.15) is 0 Å². The van der Waals surface area contributed by atoms with E-state index in [1.54, 1.807) is 11.3 Å². The smallest absolute Gasteiger partial charge is 0.407 e. The first-order valence-electron chi connectivity index (χ1n) is 12.0. The van der Waals surface area contributed by atoms with E-state index in [0.29, 0.717) is 26.2 Å². The zero-order chi connectivity index (χ0) is 23.9. The predicted molar refractivity (Wildman–Crippen MR) is 134 cm³/mol. The Morgan fingerprint density at radius 1 is 1.24 bits per heavy atom. The van der Waals surface area contributed by atoms with Crippen molar-refractivity contribution < 1.29 is 19.1 Å². The minimum Gasteiger partial charge on any atom is -0.449 e. The molecule has 6 nitrogen and oxygen atoms in total. The van der Waals surface area contributed by atoms with Gasteiger partial charge in [0.2, 0.25) is 5.91 Å². The number of ether oxygens (including phenoxy) is 2. The van der Waals surface area contributed by atoms with Crippen molar-refractivity contribution in [2.24, 2.45) is 5.92 Å². The summed E-state index contributed by atoms with van der Waals surface area (Å²) in [4.78, 5) is 26.1. The first-order chi connectivity index (χ1) is 16.5. The van der Waals surface area contributed by atoms with Crippen LogP contribution in [-0.4, -0.2) is 37.9 Å². The number of anilines is 1. The van der Waals surface area contributed by atoms with Crippen molar-refractivity contribution >= 4 is 28.3 Å². The van der Waals surface area contributed by atoms with Gasteiger partial charge in [0, 0.05) is 30.6 Å². The van der Waals surface area contributed by atoms with Crippen molar-refractivity contribution in [3.8, 4) is 12.3 Å². The summed E-state index contributed by atoms with van der Waals surface area (Å²) < 4.78 is 10.8. The van der Waals surface area contributed by atoms with E-state index >= 15 is 0 Å². The monoisotopic (exact) mass is 480 g/mol. The number of terminal acetylenes is 1. The maximum absolute atomic E-state index is 12.7. The fourth-order valence-electron chi connectivity index (χ4n) is 4.64. The SMILES string of the molecule is C#Cc1c(NC(=O)CC(C)c2ccccc2)sc2c1CCC(COC(=O)NC1CCOCC1)C2. The molecule has 1 saturated heterocycles. The molecule has 1 fully saturated rings. The molecule has 1 aliphatic carbocycles. The highest BCUT2D eigenvalue weighted by molar-refractivity contribution is 7.16. The molecule has 34 heavy (non-hydrogen) atoms. The number of fused-ring (bicyclic) bond motifs is 1. The Kier molecular flexibility index (Phi) is 8.25. The number of hydrogen-bond acceptors (Lipinski definition) is 5. The summed E-state index contributed by atoms with van der Waals surface area (Å²) in [6.07, 6.45) is 10.1. The van der Waals surface area contributed by atoms with Gasteiger partial charge >= 0.3 is 6.09 Å². The Hall–Kier alpha value is -2.82. The number of carbonyl (C=O) groups is 2. The van der Waals surface area contributed by atoms with E-state index in [-0.39, 0.29) is 29.9 Å². The van der Waals surface area contributed by atoms with Crippen LogP contribution in [-0.2, 0) is 27.1 Å². The normalized spacial score (nSPS) is 18.9. The Bertz CT molecular complexity index is 1040. The summed E-state index contributed by atoms with van der Waals surface area (Å²) in [5, 5.41) is 6.76. The van der Waals surface area contributed by atoms with E-state index in [4.69, 9.17) is 15.9 Å². The van der Waals surface area contributed by atoms with Crippen molar-refractivity contribution in [3.63, 3.8) is 0 Å². The number of thiophene rings is 1. The molecule has 2 aliphatic rings. The van der Waals surface area contributed by atoms with Crippen LogP contribution in [0.2, 0.25) is 0 Å². The second-order valence-corrected chi connectivity index (χ2v) is 10.3. The minimum absolute atomic E-state index is 0.0314. The number of nitrogens with one attached hydrogen (secondary N) is 2. The quantitative estimate of drug-likeness (QED) is 0.554. The van der Waals surface area contributed by atoms with Crippen LogP contribution in [0.1, 0.15) is 60.1 Å². The highest BCUT2D eigenvalue weighted by atomic mass is 32.1. The molecular formula is C27H32N2O4S. The number of rotatable bonds is 7. The largest absolute Gasteiger partial charge is 0.449 e. The van der Waals surface area contributed by atoms with E-state index in [2.05, 4.69) is 23.5 Å². The molecule has 0 radical (unpaired) electrons. The van der Waals surface area contributed by atoms with Gasteiger partial charge in [0.05, 0.1) is 12.2 Å². The number of amides is 2. The molecule has 2 aromatic rings. The number of hydrogen-bond donors (Lipinski definition) is 2. The van der Waals surface area contributed by atoms with E-state index in [1.165, 1.54) is 4.88 Å². The molecular weight excluding hydrogens is 448 g/mol. The summed E-state index contributed by atoms with van der Waals surface area (Å²) in [6.45, 7) is 3.79. The number of benzene rings is 1. The highest BCUT2D eigenvalue weighted by Crippen LogP contribution is 2.39. The van der Waals surface area contributed by atoms with Gasteiger partial charge in [-0.25, -0.2) is 4.79 Å². The molecule has 2 unspecified atom stereocenters. The van der Waals surface area contributed by atoms with E-state index in [1.807, 2.05) is 30.3 Å². The Morgan fingerprint density at radius 3 is 2.74 bits per heavy atom. The van der Waals surface area contributed by atoms with Gasteiger partial charge in [0.15, 0.2) is 0 Å². The molecule has 4 rings (SSSR count). The van der Waals surface area contributed by atoms with Crippen molar-refractivity contribution in [1.82, 2.24) is 5.32 Å². The predicted octanol–water partition coefficient (Wildman–Crippen LogP) is 4.87. The van der Waals surface area contributed by atoms with Gasteiger partial charge in [0.1, 0.15) is 5.00 Å². The molecule has 1 aromatic carbocycles. The van der Waals surface area contributed by atoms with Gasteiger partial charge < -0.3 is 20.1 Å². The molecule has 1 aliphatic heterocycles. The third kappa shape index (κ3) is 6.19. The van der Waals surface area contributed by atoms with Gasteiger partial charge in [-0.15, -0.1) is 17.8 Å². The zero-order valence-corrected chi connectivity index (χ0v) is 20.4. The lowest BCUT2D eigenvalue weighted by Gasteiger charge is -2.25. The van der Waals surface area contributed by atoms with Crippen molar-refractivity contribution in [2.75, 3.05) is 25.1 Å². The standard InChI is InChI=1S/C27H32N2O4S/c1-3-22-23-10-9-19(17-33-27(31)28-21-11-13-32-14-12-21)16-24(23)34-26(22)29-25(30)15-18(2)20-7-5-4-6-8-20/h1,4-8,18-19,21H,9-17H2,2H3,(H,28,31)(H,29,30). The zero-order valence-electron chi connectivity index (χ0n) is 19.6. The van der Waals surface area contributed by atoms with Gasteiger partial charge in [-0.05, 0) is 55.1 Å². The molecule has 180 valence electrons. The summed E-state index contributed by atoms with van der Waals surface area (Å²) in [7, 11) is 0. The fraction of sp³-hybridized carbons (Fsp3) is 0.481. The highest BCUT2D eigenvalue weighted by Gasteiger charge is 2.27. The van der Waals surface area contributed by atoms with Crippen LogP contribution in [0.3, 0.4) is 0 Å². The third-order valence-electron chi connectivity index (χ3n) is 6.62. The maximum Gasteiger partial charge on any atom is 0.407 e. The summed E-state index contributed by atoms with van der Waals surface area (Å²) in [5.41, 5.74) is 3.10. The van der Waals surface area contributed by atoms with Crippen LogP contribution >= 0.6 is 11.3 Å². The number of alkyl carbamates (subject to hydrolysis) is 1. The van der Waals surface area contributed by atoms with Crippen LogP contribution < -0.4 is 10.6 Å². The summed E-state index contributed by atoms with van der Waals surface area (Å²) >= 11 is 1.56. The third-order valence-corrected chi connectivity index (χ3v) is 7.79. The second kappa shape index (κ2) is 11.5. The lowest BCUT2D eigenvalue weighted by atomic mass is 9.87. The topological polar surface area (TPSA) is 76.7 Å². The van der Waals surface area contributed by atoms with Crippen LogP contribution in [0.15, 0.2) is 30.3 Å². The average Bonchev–Trinajstić information content (AvgIpc) is 3.19. The maximum atomic E-state index is 12.7.